The van der Waals surface area contributed by atoms with Crippen LogP contribution in [0.2, 0.25) is 0 Å². The number of carbonyl (C=O) groups is 1. The molecule has 1 aliphatic rings. The van der Waals surface area contributed by atoms with Crippen molar-refractivity contribution < 1.29 is 9.63 Å². The van der Waals surface area contributed by atoms with Gasteiger partial charge in [0.2, 0.25) is 5.91 Å². The largest absolute Gasteiger partial charge is 0.390 e. The Hall–Kier alpha value is -2.69. The molecule has 0 saturated heterocycles. The van der Waals surface area contributed by atoms with Crippen molar-refractivity contribution in [3.8, 4) is 0 Å². The van der Waals surface area contributed by atoms with Gasteiger partial charge >= 0.3 is 0 Å². The Morgan fingerprint density at radius 3 is 2.79 bits per heavy atom. The third-order valence-electron chi connectivity index (χ3n) is 4.02. The van der Waals surface area contributed by atoms with Crippen molar-refractivity contribution in [1.29, 1.82) is 0 Å². The highest BCUT2D eigenvalue weighted by molar-refractivity contribution is 6.01. The van der Waals surface area contributed by atoms with Crippen LogP contribution in [0.15, 0.2) is 60.0 Å². The lowest BCUT2D eigenvalue weighted by atomic mass is 10.1. The van der Waals surface area contributed by atoms with Crippen LogP contribution >= 0.6 is 0 Å². The van der Waals surface area contributed by atoms with Crippen molar-refractivity contribution >= 4 is 11.6 Å². The molecule has 0 unspecified atom stereocenters. The second-order valence-electron chi connectivity index (χ2n) is 5.82. The lowest BCUT2D eigenvalue weighted by Gasteiger charge is -2.24. The minimum absolute atomic E-state index is 0.112. The molecule has 0 aliphatic carbocycles. The number of nitrogens with zero attached hydrogens (tertiary/aromatic N) is 3. The molecular formula is C19H21N3O2. The first-order valence-corrected chi connectivity index (χ1v) is 8.21. The molecule has 1 aliphatic heterocycles. The number of amides is 1. The number of carbonyl (C=O) groups excluding carboxylic acids is 1. The normalized spacial score (nSPS) is 16.4. The quantitative estimate of drug-likeness (QED) is 0.821. The Balaban J connectivity index is 1.63. The molecule has 0 bridgehead atoms. The number of hydrogen-bond donors (Lipinski definition) is 0. The number of benzene rings is 1. The molecule has 124 valence electrons. The molecule has 0 N–H and O–H groups in total. The summed E-state index contributed by atoms with van der Waals surface area (Å²) in [6.45, 7) is 3.01. The maximum Gasteiger partial charge on any atom is 0.222 e. The Bertz CT molecular complexity index is 701. The fourth-order valence-corrected chi connectivity index (χ4v) is 2.76. The molecule has 0 saturated carbocycles. The third kappa shape index (κ3) is 3.98. The number of aromatic nitrogens is 1. The summed E-state index contributed by atoms with van der Waals surface area (Å²) in [6, 6.07) is 13.9. The summed E-state index contributed by atoms with van der Waals surface area (Å²) in [7, 11) is 0. The smallest absolute Gasteiger partial charge is 0.222 e. The van der Waals surface area contributed by atoms with Gasteiger partial charge in [-0.2, -0.15) is 0 Å². The Morgan fingerprint density at radius 2 is 2.08 bits per heavy atom. The predicted octanol–water partition coefficient (Wildman–Crippen LogP) is 3.01. The molecule has 0 radical (unpaired) electrons. The van der Waals surface area contributed by atoms with Crippen molar-refractivity contribution in [2.45, 2.75) is 32.4 Å². The highest BCUT2D eigenvalue weighted by Crippen LogP contribution is 2.18. The number of rotatable bonds is 6. The van der Waals surface area contributed by atoms with E-state index < -0.39 is 0 Å². The van der Waals surface area contributed by atoms with Crippen molar-refractivity contribution in [2.24, 2.45) is 5.16 Å². The summed E-state index contributed by atoms with van der Waals surface area (Å²) < 4.78 is 0. The van der Waals surface area contributed by atoms with E-state index in [4.69, 9.17) is 4.84 Å². The molecule has 2 aromatic rings. The predicted molar refractivity (Wildman–Crippen MR) is 92.4 cm³/mol. The van der Waals surface area contributed by atoms with Gasteiger partial charge in [0.05, 0.1) is 12.3 Å². The fourth-order valence-electron chi connectivity index (χ4n) is 2.76. The van der Waals surface area contributed by atoms with Crippen LogP contribution in [0, 0.1) is 0 Å². The van der Waals surface area contributed by atoms with E-state index in [1.54, 1.807) is 12.4 Å². The van der Waals surface area contributed by atoms with E-state index in [1.807, 2.05) is 54.3 Å². The number of pyridine rings is 1. The summed E-state index contributed by atoms with van der Waals surface area (Å²) in [5, 5.41) is 4.17. The maximum atomic E-state index is 12.3. The van der Waals surface area contributed by atoms with Crippen LogP contribution < -0.4 is 0 Å². The lowest BCUT2D eigenvalue weighted by Crippen LogP contribution is -2.36. The van der Waals surface area contributed by atoms with Crippen LogP contribution in [-0.4, -0.2) is 34.2 Å². The summed E-state index contributed by atoms with van der Waals surface area (Å²) in [6.07, 6.45) is 4.58. The topological polar surface area (TPSA) is 54.8 Å². The number of hydrogen-bond acceptors (Lipinski definition) is 4. The van der Waals surface area contributed by atoms with Crippen LogP contribution in [0.3, 0.4) is 0 Å². The third-order valence-corrected chi connectivity index (χ3v) is 4.02. The van der Waals surface area contributed by atoms with Crippen LogP contribution in [0.5, 0.6) is 0 Å². The average molecular weight is 323 g/mol. The second kappa shape index (κ2) is 7.73. The highest BCUT2D eigenvalue weighted by atomic mass is 16.6. The molecule has 0 spiro atoms. The molecule has 1 amide bonds. The zero-order chi connectivity index (χ0) is 16.8. The van der Waals surface area contributed by atoms with Gasteiger partial charge in [-0.25, -0.2) is 0 Å². The lowest BCUT2D eigenvalue weighted by molar-refractivity contribution is -0.133. The molecule has 1 aromatic heterocycles. The van der Waals surface area contributed by atoms with Crippen molar-refractivity contribution in [3.05, 3.63) is 66.0 Å². The van der Waals surface area contributed by atoms with E-state index in [9.17, 15) is 4.79 Å². The molecule has 1 aromatic carbocycles. The molecular weight excluding hydrogens is 302 g/mol. The van der Waals surface area contributed by atoms with Gasteiger partial charge in [0, 0.05) is 37.3 Å². The van der Waals surface area contributed by atoms with Crippen LogP contribution in [0.4, 0.5) is 0 Å². The molecule has 24 heavy (non-hydrogen) atoms. The zero-order valence-electron chi connectivity index (χ0n) is 13.8. The standard InChI is InChI=1S/C19H21N3O2/c1-2-19(23)22(13-15-7-4-3-5-8-15)14-17-11-18(21-24-17)16-9-6-10-20-12-16/h3-10,12,17H,2,11,13-14H2,1H3/t17-/m1/s1. The van der Waals surface area contributed by atoms with Crippen molar-refractivity contribution in [1.82, 2.24) is 9.88 Å². The minimum atomic E-state index is -0.112. The van der Waals surface area contributed by atoms with Gasteiger partial charge in [0.1, 0.15) is 0 Å². The summed E-state index contributed by atoms with van der Waals surface area (Å²) >= 11 is 0. The van der Waals surface area contributed by atoms with Gasteiger partial charge in [-0.15, -0.1) is 0 Å². The van der Waals surface area contributed by atoms with E-state index >= 15 is 0 Å². The Kier molecular flexibility index (Phi) is 5.21. The van der Waals surface area contributed by atoms with Crippen LogP contribution in [-0.2, 0) is 16.2 Å². The summed E-state index contributed by atoms with van der Waals surface area (Å²) in [5.74, 6) is 0.122. The molecule has 3 rings (SSSR count). The minimum Gasteiger partial charge on any atom is -0.390 e. The zero-order valence-corrected chi connectivity index (χ0v) is 13.8. The summed E-state index contributed by atoms with van der Waals surface area (Å²) in [4.78, 5) is 23.8. The molecule has 0 fully saturated rings. The van der Waals surface area contributed by atoms with E-state index in [-0.39, 0.29) is 12.0 Å². The van der Waals surface area contributed by atoms with E-state index in [0.717, 1.165) is 16.8 Å². The average Bonchev–Trinajstić information content (AvgIpc) is 3.11. The first-order chi connectivity index (χ1) is 11.8. The first kappa shape index (κ1) is 16.2. The van der Waals surface area contributed by atoms with E-state index in [2.05, 4.69) is 10.1 Å². The first-order valence-electron chi connectivity index (χ1n) is 8.21. The van der Waals surface area contributed by atoms with Crippen LogP contribution in [0.1, 0.15) is 30.9 Å². The monoisotopic (exact) mass is 323 g/mol. The molecule has 5 heteroatoms. The van der Waals surface area contributed by atoms with E-state index in [1.165, 1.54) is 0 Å². The molecule has 1 atom stereocenters. The number of oxime groups is 1. The van der Waals surface area contributed by atoms with Gasteiger partial charge in [-0.3, -0.25) is 9.78 Å². The molecule has 5 nitrogen and oxygen atoms in total. The van der Waals surface area contributed by atoms with Crippen LogP contribution in [0.25, 0.3) is 0 Å². The van der Waals surface area contributed by atoms with Crippen molar-refractivity contribution in [2.75, 3.05) is 6.54 Å². The van der Waals surface area contributed by atoms with Gasteiger partial charge in [0.25, 0.3) is 0 Å². The van der Waals surface area contributed by atoms with Gasteiger partial charge < -0.3 is 9.74 Å². The van der Waals surface area contributed by atoms with Gasteiger partial charge in [0.15, 0.2) is 6.10 Å². The second-order valence-corrected chi connectivity index (χ2v) is 5.82. The Labute approximate surface area is 142 Å². The fraction of sp³-hybridized carbons (Fsp3) is 0.316. The molecule has 2 heterocycles. The highest BCUT2D eigenvalue weighted by Gasteiger charge is 2.26. The van der Waals surface area contributed by atoms with Gasteiger partial charge in [-0.1, -0.05) is 42.4 Å². The van der Waals surface area contributed by atoms with E-state index in [0.29, 0.717) is 25.9 Å². The SMILES string of the molecule is CCC(=O)N(Cc1ccccc1)C[C@H]1CC(c2cccnc2)=NO1. The van der Waals surface area contributed by atoms with Crippen molar-refractivity contribution in [3.63, 3.8) is 0 Å². The van der Waals surface area contributed by atoms with Gasteiger partial charge in [-0.05, 0) is 17.7 Å². The summed E-state index contributed by atoms with van der Waals surface area (Å²) in [5.41, 5.74) is 2.97. The maximum absolute atomic E-state index is 12.3. The Morgan fingerprint density at radius 1 is 1.25 bits per heavy atom.